The van der Waals surface area contributed by atoms with Gasteiger partial charge in [-0.15, -0.1) is 0 Å². The van der Waals surface area contributed by atoms with Crippen LogP contribution in [0.5, 0.6) is 5.75 Å². The highest BCUT2D eigenvalue weighted by molar-refractivity contribution is 9.09. The molecule has 0 spiro atoms. The lowest BCUT2D eigenvalue weighted by molar-refractivity contribution is -0.120. The van der Waals surface area contributed by atoms with E-state index in [1.165, 1.54) is 5.56 Å². The Labute approximate surface area is 149 Å². The van der Waals surface area contributed by atoms with Crippen LogP contribution in [0.3, 0.4) is 0 Å². The summed E-state index contributed by atoms with van der Waals surface area (Å²) in [6, 6.07) is 6.07. The van der Waals surface area contributed by atoms with Crippen LogP contribution in [0.15, 0.2) is 18.2 Å². The second kappa shape index (κ2) is 9.96. The van der Waals surface area contributed by atoms with Gasteiger partial charge in [0.2, 0.25) is 5.91 Å². The third kappa shape index (κ3) is 6.17. The number of benzene rings is 1. The fraction of sp³-hybridized carbons (Fsp3) is 0.632. The Kier molecular flexibility index (Phi) is 8.67. The van der Waals surface area contributed by atoms with E-state index in [1.54, 1.807) is 0 Å². The molecule has 3 nitrogen and oxygen atoms in total. The minimum absolute atomic E-state index is 0.0528. The van der Waals surface area contributed by atoms with Gasteiger partial charge in [-0.1, -0.05) is 49.7 Å². The Morgan fingerprint density at radius 3 is 2.39 bits per heavy atom. The number of alkyl halides is 1. The number of rotatable bonds is 9. The maximum absolute atomic E-state index is 12.3. The predicted molar refractivity (Wildman–Crippen MR) is 102 cm³/mol. The summed E-state index contributed by atoms with van der Waals surface area (Å²) in [4.78, 5) is 12.7. The molecule has 1 atom stereocenters. The molecule has 1 unspecified atom stereocenters. The van der Waals surface area contributed by atoms with Crippen molar-refractivity contribution in [3.05, 3.63) is 23.8 Å². The van der Waals surface area contributed by atoms with Gasteiger partial charge in [-0.2, -0.15) is 0 Å². The van der Waals surface area contributed by atoms with Gasteiger partial charge in [0.15, 0.2) is 0 Å². The molecule has 0 radical (unpaired) electrons. The first-order valence-corrected chi connectivity index (χ1v) is 9.55. The number of hydrogen-bond donors (Lipinski definition) is 1. The molecule has 1 N–H and O–H groups in total. The van der Waals surface area contributed by atoms with Gasteiger partial charge in [-0.25, -0.2) is 0 Å². The van der Waals surface area contributed by atoms with Crippen LogP contribution in [0.1, 0.15) is 53.0 Å². The Bertz CT molecular complexity index is 498. The standard InChI is InChI=1S/C19H30BrNO2/c1-6-15(7-2)19(22)21-17-10-9-14(11-16(20)13(4)5)12-18(17)23-8-3/h9-10,12-13,15-16H,6-8,11H2,1-5H3,(H,21,22). The average molecular weight is 384 g/mol. The van der Waals surface area contributed by atoms with E-state index in [0.29, 0.717) is 17.4 Å². The molecule has 4 heteroatoms. The highest BCUT2D eigenvalue weighted by Gasteiger charge is 2.17. The molecule has 23 heavy (non-hydrogen) atoms. The molecule has 1 aromatic rings. The Hall–Kier alpha value is -1.03. The molecule has 0 saturated heterocycles. The molecule has 0 fully saturated rings. The Balaban J connectivity index is 2.93. The summed E-state index contributed by atoms with van der Waals surface area (Å²) in [7, 11) is 0. The number of amides is 1. The largest absolute Gasteiger partial charge is 0.492 e. The van der Waals surface area contributed by atoms with Gasteiger partial charge in [-0.05, 0) is 49.8 Å². The van der Waals surface area contributed by atoms with Crippen LogP contribution < -0.4 is 10.1 Å². The van der Waals surface area contributed by atoms with Crippen LogP contribution in [0, 0.1) is 11.8 Å². The summed E-state index contributed by atoms with van der Waals surface area (Å²) in [5.41, 5.74) is 1.98. The third-order valence-electron chi connectivity index (χ3n) is 4.11. The van der Waals surface area contributed by atoms with Crippen molar-refractivity contribution in [2.24, 2.45) is 11.8 Å². The van der Waals surface area contributed by atoms with E-state index >= 15 is 0 Å². The molecular formula is C19H30BrNO2. The van der Waals surface area contributed by atoms with E-state index in [2.05, 4.69) is 41.2 Å². The molecule has 1 amide bonds. The SMILES string of the molecule is CCOc1cc(CC(Br)C(C)C)ccc1NC(=O)C(CC)CC. The third-order valence-corrected chi connectivity index (χ3v) is 5.50. The second-order valence-corrected chi connectivity index (χ2v) is 7.41. The maximum atomic E-state index is 12.3. The van der Waals surface area contributed by atoms with Crippen LogP contribution in [0.25, 0.3) is 0 Å². The molecule has 0 saturated carbocycles. The normalized spacial score (nSPS) is 12.5. The highest BCUT2D eigenvalue weighted by Crippen LogP contribution is 2.29. The highest BCUT2D eigenvalue weighted by atomic mass is 79.9. The van der Waals surface area contributed by atoms with Crippen molar-refractivity contribution in [2.75, 3.05) is 11.9 Å². The number of hydrogen-bond acceptors (Lipinski definition) is 2. The van der Waals surface area contributed by atoms with Gasteiger partial charge in [-0.3, -0.25) is 4.79 Å². The fourth-order valence-electron chi connectivity index (χ4n) is 2.43. The molecule has 0 heterocycles. The van der Waals surface area contributed by atoms with Crippen LogP contribution in [-0.2, 0) is 11.2 Å². The number of halogens is 1. The van der Waals surface area contributed by atoms with E-state index in [1.807, 2.05) is 32.9 Å². The van der Waals surface area contributed by atoms with Crippen molar-refractivity contribution in [3.63, 3.8) is 0 Å². The van der Waals surface area contributed by atoms with Crippen LogP contribution in [0.2, 0.25) is 0 Å². The van der Waals surface area contributed by atoms with Crippen molar-refractivity contribution < 1.29 is 9.53 Å². The van der Waals surface area contributed by atoms with Crippen molar-refractivity contribution in [1.82, 2.24) is 0 Å². The van der Waals surface area contributed by atoms with Crippen molar-refractivity contribution in [2.45, 2.75) is 58.7 Å². The predicted octanol–water partition coefficient (Wildman–Crippen LogP) is 5.42. The Morgan fingerprint density at radius 1 is 1.22 bits per heavy atom. The minimum atomic E-state index is 0.0528. The quantitative estimate of drug-likeness (QED) is 0.577. The van der Waals surface area contributed by atoms with Crippen LogP contribution in [0.4, 0.5) is 5.69 Å². The fourth-order valence-corrected chi connectivity index (χ4v) is 2.80. The van der Waals surface area contributed by atoms with E-state index in [-0.39, 0.29) is 11.8 Å². The molecule has 0 aliphatic heterocycles. The average Bonchev–Trinajstić information content (AvgIpc) is 2.51. The number of carbonyl (C=O) groups is 1. The molecular weight excluding hydrogens is 354 g/mol. The van der Waals surface area contributed by atoms with E-state index in [9.17, 15) is 4.79 Å². The maximum Gasteiger partial charge on any atom is 0.227 e. The van der Waals surface area contributed by atoms with E-state index < -0.39 is 0 Å². The first-order valence-electron chi connectivity index (χ1n) is 8.63. The van der Waals surface area contributed by atoms with Gasteiger partial charge in [0.05, 0.1) is 12.3 Å². The van der Waals surface area contributed by atoms with Crippen molar-refractivity contribution in [1.29, 1.82) is 0 Å². The molecule has 1 aromatic carbocycles. The summed E-state index contributed by atoms with van der Waals surface area (Å²) < 4.78 is 5.74. The number of ether oxygens (including phenoxy) is 1. The molecule has 0 bridgehead atoms. The number of nitrogens with one attached hydrogen (secondary N) is 1. The van der Waals surface area contributed by atoms with E-state index in [0.717, 1.165) is 30.7 Å². The minimum Gasteiger partial charge on any atom is -0.492 e. The van der Waals surface area contributed by atoms with Gasteiger partial charge in [0.25, 0.3) is 0 Å². The Morgan fingerprint density at radius 2 is 1.87 bits per heavy atom. The first kappa shape index (κ1) is 20.0. The van der Waals surface area contributed by atoms with E-state index in [4.69, 9.17) is 4.74 Å². The lowest BCUT2D eigenvalue weighted by Gasteiger charge is -2.18. The van der Waals surface area contributed by atoms with Gasteiger partial charge < -0.3 is 10.1 Å². The summed E-state index contributed by atoms with van der Waals surface area (Å²) in [6.07, 6.45) is 2.65. The zero-order chi connectivity index (χ0) is 17.4. The zero-order valence-corrected chi connectivity index (χ0v) is 16.6. The molecule has 0 aliphatic carbocycles. The summed E-state index contributed by atoms with van der Waals surface area (Å²) in [5, 5.41) is 3.02. The van der Waals surface area contributed by atoms with Crippen LogP contribution >= 0.6 is 15.9 Å². The smallest absolute Gasteiger partial charge is 0.227 e. The van der Waals surface area contributed by atoms with Crippen molar-refractivity contribution >= 4 is 27.5 Å². The first-order chi connectivity index (χ1) is 10.9. The molecule has 0 aliphatic rings. The molecule has 130 valence electrons. The topological polar surface area (TPSA) is 38.3 Å². The summed E-state index contributed by atoms with van der Waals surface area (Å²) in [5.74, 6) is 1.45. The monoisotopic (exact) mass is 383 g/mol. The second-order valence-electron chi connectivity index (χ2n) is 6.23. The lowest BCUT2D eigenvalue weighted by atomic mass is 10.0. The summed E-state index contributed by atoms with van der Waals surface area (Å²) >= 11 is 3.73. The van der Waals surface area contributed by atoms with Gasteiger partial charge in [0, 0.05) is 10.7 Å². The van der Waals surface area contributed by atoms with Crippen molar-refractivity contribution in [3.8, 4) is 5.75 Å². The van der Waals surface area contributed by atoms with Gasteiger partial charge in [0.1, 0.15) is 5.75 Å². The molecule has 1 rings (SSSR count). The zero-order valence-electron chi connectivity index (χ0n) is 15.0. The number of anilines is 1. The summed E-state index contributed by atoms with van der Waals surface area (Å²) in [6.45, 7) is 11.0. The van der Waals surface area contributed by atoms with Crippen LogP contribution in [-0.4, -0.2) is 17.3 Å². The lowest BCUT2D eigenvalue weighted by Crippen LogP contribution is -2.22. The van der Waals surface area contributed by atoms with Gasteiger partial charge >= 0.3 is 0 Å². The molecule has 0 aromatic heterocycles. The number of carbonyl (C=O) groups excluding carboxylic acids is 1.